The maximum Gasteiger partial charge on any atom is 0.203 e. The molecule has 2 N–H and O–H groups in total. The molecule has 0 saturated heterocycles. The van der Waals surface area contributed by atoms with Crippen molar-refractivity contribution in [3.05, 3.63) is 47.5 Å². The Balaban J connectivity index is 0.000000126. The van der Waals surface area contributed by atoms with Crippen LogP contribution in [0.5, 0.6) is 23.0 Å². The number of benzene rings is 2. The molecule has 0 spiro atoms. The van der Waals surface area contributed by atoms with Gasteiger partial charge in [0.2, 0.25) is 5.78 Å². The predicted molar refractivity (Wildman–Crippen MR) is 75.2 cm³/mol. The molecule has 0 fully saturated rings. The number of hydrogen-bond donors (Lipinski definition) is 2. The van der Waals surface area contributed by atoms with Crippen LogP contribution in [0.15, 0.2) is 36.4 Å². The predicted octanol–water partition coefficient (Wildman–Crippen LogP) is 2.29. The molecule has 21 heavy (non-hydrogen) atoms. The van der Waals surface area contributed by atoms with Crippen LogP contribution in [0.2, 0.25) is 0 Å². The van der Waals surface area contributed by atoms with Gasteiger partial charge in [0, 0.05) is 18.6 Å². The topological polar surface area (TPSA) is 76.0 Å². The molecule has 0 radical (unpaired) electrons. The van der Waals surface area contributed by atoms with E-state index in [1.807, 2.05) is 6.07 Å². The third-order valence-electron chi connectivity index (χ3n) is 3.30. The summed E-state index contributed by atoms with van der Waals surface area (Å²) in [5, 5.41) is 18.0. The van der Waals surface area contributed by atoms with Gasteiger partial charge in [0.1, 0.15) is 23.0 Å². The van der Waals surface area contributed by atoms with Gasteiger partial charge in [-0.3, -0.25) is 4.79 Å². The number of Topliss-reactive ketones (excluding diaryl/α,β-unsaturated/α-hetero) is 1. The van der Waals surface area contributed by atoms with Gasteiger partial charge in [0.25, 0.3) is 0 Å². The van der Waals surface area contributed by atoms with E-state index in [1.54, 1.807) is 18.2 Å². The van der Waals surface area contributed by atoms with E-state index in [2.05, 4.69) is 0 Å². The molecular formula is C16H14O5. The van der Waals surface area contributed by atoms with Crippen LogP contribution < -0.4 is 9.47 Å². The molecule has 0 aliphatic carbocycles. The number of ether oxygens (including phenoxy) is 2. The summed E-state index contributed by atoms with van der Waals surface area (Å²) in [4.78, 5) is 11.0. The van der Waals surface area contributed by atoms with Crippen molar-refractivity contribution in [1.29, 1.82) is 0 Å². The van der Waals surface area contributed by atoms with E-state index < -0.39 is 0 Å². The summed E-state index contributed by atoms with van der Waals surface area (Å²) in [6, 6.07) is 9.74. The van der Waals surface area contributed by atoms with Crippen molar-refractivity contribution >= 4 is 5.78 Å². The lowest BCUT2D eigenvalue weighted by Gasteiger charge is -1.97. The monoisotopic (exact) mass is 286 g/mol. The van der Waals surface area contributed by atoms with Crippen LogP contribution in [-0.2, 0) is 6.42 Å². The Hall–Kier alpha value is -2.69. The minimum atomic E-state index is -0.0278. The molecule has 0 saturated carbocycles. The second-order valence-corrected chi connectivity index (χ2v) is 4.78. The van der Waals surface area contributed by atoms with Crippen molar-refractivity contribution in [1.82, 2.24) is 0 Å². The van der Waals surface area contributed by atoms with E-state index in [9.17, 15) is 4.79 Å². The van der Waals surface area contributed by atoms with Crippen LogP contribution in [0.25, 0.3) is 0 Å². The fourth-order valence-electron chi connectivity index (χ4n) is 2.24. The molecule has 5 heteroatoms. The normalized spacial score (nSPS) is 14.4. The van der Waals surface area contributed by atoms with Gasteiger partial charge in [-0.25, -0.2) is 0 Å². The van der Waals surface area contributed by atoms with Gasteiger partial charge in [-0.05, 0) is 23.8 Å². The Morgan fingerprint density at radius 2 is 1.62 bits per heavy atom. The highest BCUT2D eigenvalue weighted by atomic mass is 16.5. The first-order valence-electron chi connectivity index (χ1n) is 6.57. The van der Waals surface area contributed by atoms with Crippen LogP contribution in [0.3, 0.4) is 0 Å². The average molecular weight is 286 g/mol. The lowest BCUT2D eigenvalue weighted by atomic mass is 10.1. The standard InChI is InChI=1S/C8H6O3.C8H8O2/c9-5-1-2-6-7(10)4-11-8(6)3-5;9-7-2-1-6-3-4-10-8(6)5-7/h1-3,9H,4H2;1-2,5,9H,3-4H2. The lowest BCUT2D eigenvalue weighted by Crippen LogP contribution is -1.98. The van der Waals surface area contributed by atoms with Crippen LogP contribution >= 0.6 is 0 Å². The minimum absolute atomic E-state index is 0.0278. The Bertz CT molecular complexity index is 693. The van der Waals surface area contributed by atoms with E-state index in [1.165, 1.54) is 17.7 Å². The second-order valence-electron chi connectivity index (χ2n) is 4.78. The summed E-state index contributed by atoms with van der Waals surface area (Å²) in [5.74, 6) is 1.69. The van der Waals surface area contributed by atoms with Crippen LogP contribution in [-0.4, -0.2) is 29.2 Å². The Morgan fingerprint density at radius 3 is 2.43 bits per heavy atom. The SMILES string of the molecule is O=C1COc2cc(O)ccc21.Oc1ccc2c(c1)OCC2. The first-order valence-corrected chi connectivity index (χ1v) is 6.57. The van der Waals surface area contributed by atoms with E-state index in [0.29, 0.717) is 11.3 Å². The molecule has 0 bridgehead atoms. The van der Waals surface area contributed by atoms with Crippen molar-refractivity contribution in [2.45, 2.75) is 6.42 Å². The number of rotatable bonds is 0. The van der Waals surface area contributed by atoms with Crippen molar-refractivity contribution in [3.8, 4) is 23.0 Å². The highest BCUT2D eigenvalue weighted by molar-refractivity contribution is 6.02. The van der Waals surface area contributed by atoms with Crippen LogP contribution in [0, 0.1) is 0 Å². The Morgan fingerprint density at radius 1 is 0.905 bits per heavy atom. The zero-order valence-corrected chi connectivity index (χ0v) is 11.2. The van der Waals surface area contributed by atoms with E-state index in [-0.39, 0.29) is 23.9 Å². The van der Waals surface area contributed by atoms with Gasteiger partial charge in [-0.15, -0.1) is 0 Å². The van der Waals surface area contributed by atoms with Crippen molar-refractivity contribution in [3.63, 3.8) is 0 Å². The number of phenolic OH excluding ortho intramolecular Hbond substituents is 2. The second kappa shape index (κ2) is 5.36. The third kappa shape index (κ3) is 2.76. The zero-order valence-electron chi connectivity index (χ0n) is 11.2. The summed E-state index contributed by atoms with van der Waals surface area (Å²) >= 11 is 0. The summed E-state index contributed by atoms with van der Waals surface area (Å²) < 4.78 is 10.2. The van der Waals surface area contributed by atoms with Crippen molar-refractivity contribution < 1.29 is 24.5 Å². The summed E-state index contributed by atoms with van der Waals surface area (Å²) in [7, 11) is 0. The number of hydrogen-bond acceptors (Lipinski definition) is 5. The zero-order chi connectivity index (χ0) is 14.8. The fraction of sp³-hybridized carbons (Fsp3) is 0.188. The largest absolute Gasteiger partial charge is 0.508 e. The minimum Gasteiger partial charge on any atom is -0.508 e. The smallest absolute Gasteiger partial charge is 0.203 e. The summed E-state index contributed by atoms with van der Waals surface area (Å²) in [6.45, 7) is 0.845. The molecule has 0 amide bonds. The molecular weight excluding hydrogens is 272 g/mol. The fourth-order valence-corrected chi connectivity index (χ4v) is 2.24. The number of carbonyl (C=O) groups is 1. The molecule has 2 aromatic rings. The Kier molecular flexibility index (Phi) is 3.39. The number of ketones is 1. The molecule has 0 atom stereocenters. The number of carbonyl (C=O) groups excluding carboxylic acids is 1. The van der Waals surface area contributed by atoms with Crippen LogP contribution in [0.1, 0.15) is 15.9 Å². The molecule has 0 aromatic heterocycles. The molecule has 2 aromatic carbocycles. The van der Waals surface area contributed by atoms with Crippen molar-refractivity contribution in [2.75, 3.05) is 13.2 Å². The van der Waals surface area contributed by atoms with Crippen LogP contribution in [0.4, 0.5) is 0 Å². The highest BCUT2D eigenvalue weighted by Gasteiger charge is 2.20. The molecule has 0 unspecified atom stereocenters. The molecule has 2 aliphatic heterocycles. The molecule has 2 heterocycles. The van der Waals surface area contributed by atoms with Gasteiger partial charge in [-0.2, -0.15) is 0 Å². The first kappa shape index (κ1) is 13.3. The number of aromatic hydroxyl groups is 2. The third-order valence-corrected chi connectivity index (χ3v) is 3.30. The van der Waals surface area contributed by atoms with E-state index in [4.69, 9.17) is 19.7 Å². The van der Waals surface area contributed by atoms with E-state index in [0.717, 1.165) is 18.8 Å². The number of phenols is 2. The van der Waals surface area contributed by atoms with Gasteiger partial charge in [-0.1, -0.05) is 6.07 Å². The Labute approximate surface area is 121 Å². The van der Waals surface area contributed by atoms with E-state index >= 15 is 0 Å². The molecule has 2 aliphatic rings. The number of fused-ring (bicyclic) bond motifs is 2. The maximum atomic E-state index is 11.0. The van der Waals surface area contributed by atoms with Gasteiger partial charge in [0.05, 0.1) is 12.2 Å². The maximum absolute atomic E-state index is 11.0. The summed E-state index contributed by atoms with van der Waals surface area (Å²) in [6.07, 6.45) is 0.968. The van der Waals surface area contributed by atoms with Gasteiger partial charge < -0.3 is 19.7 Å². The quantitative estimate of drug-likeness (QED) is 0.777. The average Bonchev–Trinajstić information content (AvgIpc) is 3.06. The first-order chi connectivity index (χ1) is 10.1. The molecule has 108 valence electrons. The highest BCUT2D eigenvalue weighted by Crippen LogP contribution is 2.29. The molecule has 5 nitrogen and oxygen atoms in total. The summed E-state index contributed by atoms with van der Waals surface area (Å²) in [5.41, 5.74) is 1.75. The molecule has 4 rings (SSSR count). The van der Waals surface area contributed by atoms with Crippen molar-refractivity contribution in [2.24, 2.45) is 0 Å². The lowest BCUT2D eigenvalue weighted by molar-refractivity contribution is 0.0961. The van der Waals surface area contributed by atoms with Gasteiger partial charge >= 0.3 is 0 Å². The van der Waals surface area contributed by atoms with Gasteiger partial charge in [0.15, 0.2) is 6.61 Å².